The third-order valence-corrected chi connectivity index (χ3v) is 5.97. The smallest absolute Gasteiger partial charge is 0.285 e. The van der Waals surface area contributed by atoms with Crippen molar-refractivity contribution in [2.24, 2.45) is 16.6 Å². The van der Waals surface area contributed by atoms with E-state index in [0.717, 1.165) is 4.68 Å². The molecular formula is C9H11N5O4S3. The first-order chi connectivity index (χ1) is 9.59. The Morgan fingerprint density at radius 2 is 1.95 bits per heavy atom. The molecule has 1 heterocycles. The van der Waals surface area contributed by atoms with Gasteiger partial charge in [0.1, 0.15) is 0 Å². The summed E-state index contributed by atoms with van der Waals surface area (Å²) < 4.78 is 50.8. The molecule has 2 rings (SSSR count). The lowest BCUT2D eigenvalue weighted by atomic mass is 10.3. The number of primary sulfonamides is 1. The van der Waals surface area contributed by atoms with Crippen molar-refractivity contribution >= 4 is 37.1 Å². The van der Waals surface area contributed by atoms with Gasteiger partial charge in [0.15, 0.2) is 0 Å². The number of hydrogen-bond acceptors (Lipinski definition) is 7. The Bertz CT molecular complexity index is 955. The third-order valence-electron chi connectivity index (χ3n) is 2.28. The SMILES string of the molecule is Cn1nc(S(N)(=O)=O)s/c1=N\S(=O)(=O)c1cccc(N)c1. The second kappa shape index (κ2) is 5.22. The fourth-order valence-corrected chi connectivity index (χ4v) is 4.18. The topological polar surface area (TPSA) is 150 Å². The monoisotopic (exact) mass is 349 g/mol. The van der Waals surface area contributed by atoms with E-state index in [-0.39, 0.29) is 15.4 Å². The molecule has 21 heavy (non-hydrogen) atoms. The van der Waals surface area contributed by atoms with Crippen LogP contribution in [0.25, 0.3) is 0 Å². The van der Waals surface area contributed by atoms with Gasteiger partial charge in [-0.15, -0.1) is 9.50 Å². The highest BCUT2D eigenvalue weighted by molar-refractivity contribution is 7.91. The molecule has 4 N–H and O–H groups in total. The van der Waals surface area contributed by atoms with Crippen molar-refractivity contribution in [3.05, 3.63) is 29.1 Å². The number of nitrogen functional groups attached to an aromatic ring is 1. The first kappa shape index (κ1) is 15.6. The first-order valence-electron chi connectivity index (χ1n) is 5.33. The number of sulfonamides is 2. The van der Waals surface area contributed by atoms with Crippen LogP contribution >= 0.6 is 11.3 Å². The molecule has 0 saturated carbocycles. The van der Waals surface area contributed by atoms with Gasteiger partial charge in [-0.1, -0.05) is 17.4 Å². The van der Waals surface area contributed by atoms with Crippen LogP contribution in [-0.2, 0) is 27.1 Å². The highest BCUT2D eigenvalue weighted by Crippen LogP contribution is 2.15. The van der Waals surface area contributed by atoms with Crippen LogP contribution in [0.15, 0.2) is 37.9 Å². The van der Waals surface area contributed by atoms with E-state index < -0.39 is 24.4 Å². The van der Waals surface area contributed by atoms with Crippen LogP contribution in [-0.4, -0.2) is 26.6 Å². The molecule has 0 fully saturated rings. The summed E-state index contributed by atoms with van der Waals surface area (Å²) in [5.74, 6) is 0. The normalized spacial score (nSPS) is 13.5. The molecule has 0 amide bonds. The summed E-state index contributed by atoms with van der Waals surface area (Å²) in [7, 11) is -6.69. The summed E-state index contributed by atoms with van der Waals surface area (Å²) in [5.41, 5.74) is 5.79. The Hall–Kier alpha value is -1.76. The summed E-state index contributed by atoms with van der Waals surface area (Å²) in [4.78, 5) is -0.227. The van der Waals surface area contributed by atoms with E-state index in [4.69, 9.17) is 10.9 Å². The van der Waals surface area contributed by atoms with Crippen LogP contribution in [0.3, 0.4) is 0 Å². The molecule has 0 atom stereocenters. The van der Waals surface area contributed by atoms with E-state index in [9.17, 15) is 16.8 Å². The molecule has 2 aromatic rings. The third kappa shape index (κ3) is 3.47. The molecule has 0 aliphatic heterocycles. The number of anilines is 1. The van der Waals surface area contributed by atoms with Crippen LogP contribution in [0.2, 0.25) is 0 Å². The van der Waals surface area contributed by atoms with Crippen molar-refractivity contribution in [1.29, 1.82) is 0 Å². The van der Waals surface area contributed by atoms with E-state index in [1.807, 2.05) is 0 Å². The zero-order chi connectivity index (χ0) is 15.8. The maximum absolute atomic E-state index is 12.1. The second-order valence-corrected chi connectivity index (χ2v) is 8.25. The Labute approximate surface area is 124 Å². The van der Waals surface area contributed by atoms with E-state index in [0.29, 0.717) is 11.3 Å². The number of hydrogen-bond donors (Lipinski definition) is 2. The highest BCUT2D eigenvalue weighted by atomic mass is 32.2. The Balaban J connectivity index is 2.61. The molecule has 0 unspecified atom stereocenters. The molecule has 114 valence electrons. The van der Waals surface area contributed by atoms with Crippen molar-refractivity contribution in [2.75, 3.05) is 5.73 Å². The molecule has 1 aromatic carbocycles. The molecule has 0 bridgehead atoms. The zero-order valence-corrected chi connectivity index (χ0v) is 13.1. The van der Waals surface area contributed by atoms with Crippen molar-refractivity contribution < 1.29 is 16.8 Å². The van der Waals surface area contributed by atoms with Gasteiger partial charge < -0.3 is 5.73 Å². The molecule has 0 aliphatic rings. The summed E-state index contributed by atoms with van der Waals surface area (Å²) in [6, 6.07) is 5.59. The average Bonchev–Trinajstić information content (AvgIpc) is 2.70. The van der Waals surface area contributed by atoms with Crippen molar-refractivity contribution in [3.8, 4) is 0 Å². The average molecular weight is 349 g/mol. The van der Waals surface area contributed by atoms with Crippen molar-refractivity contribution in [2.45, 2.75) is 9.24 Å². The van der Waals surface area contributed by atoms with Gasteiger partial charge in [0, 0.05) is 12.7 Å². The zero-order valence-electron chi connectivity index (χ0n) is 10.7. The molecule has 0 spiro atoms. The van der Waals surface area contributed by atoms with Crippen molar-refractivity contribution in [3.63, 3.8) is 0 Å². The van der Waals surface area contributed by atoms with Gasteiger partial charge in [-0.3, -0.25) is 0 Å². The second-order valence-electron chi connectivity index (χ2n) is 3.96. The lowest BCUT2D eigenvalue weighted by Crippen LogP contribution is -2.15. The first-order valence-corrected chi connectivity index (χ1v) is 9.13. The minimum Gasteiger partial charge on any atom is -0.399 e. The van der Waals surface area contributed by atoms with Crippen LogP contribution in [0.5, 0.6) is 0 Å². The van der Waals surface area contributed by atoms with Crippen LogP contribution < -0.4 is 15.7 Å². The fourth-order valence-electron chi connectivity index (χ4n) is 1.35. The van der Waals surface area contributed by atoms with E-state index in [2.05, 4.69) is 9.50 Å². The number of benzene rings is 1. The van der Waals surface area contributed by atoms with Gasteiger partial charge in [0.2, 0.25) is 9.14 Å². The van der Waals surface area contributed by atoms with Gasteiger partial charge in [0.25, 0.3) is 20.0 Å². The summed E-state index contributed by atoms with van der Waals surface area (Å²) >= 11 is 0.554. The Morgan fingerprint density at radius 3 is 2.48 bits per heavy atom. The predicted octanol–water partition coefficient (Wildman–Crippen LogP) is -0.999. The van der Waals surface area contributed by atoms with Gasteiger partial charge in [-0.25, -0.2) is 18.2 Å². The molecule has 0 aliphatic carbocycles. The van der Waals surface area contributed by atoms with E-state index in [1.54, 1.807) is 0 Å². The lowest BCUT2D eigenvalue weighted by Gasteiger charge is -1.99. The van der Waals surface area contributed by atoms with Gasteiger partial charge in [-0.05, 0) is 18.2 Å². The molecular weight excluding hydrogens is 338 g/mol. The van der Waals surface area contributed by atoms with Crippen LogP contribution in [0.1, 0.15) is 0 Å². The number of nitrogens with zero attached hydrogens (tertiary/aromatic N) is 3. The molecule has 0 radical (unpaired) electrons. The summed E-state index contributed by atoms with van der Waals surface area (Å²) in [6.45, 7) is 0. The predicted molar refractivity (Wildman–Crippen MR) is 76.1 cm³/mol. The number of nitrogens with two attached hydrogens (primary N) is 2. The van der Waals surface area contributed by atoms with Gasteiger partial charge in [0.05, 0.1) is 4.90 Å². The minimum absolute atomic E-state index is 0.104. The maximum Gasteiger partial charge on any atom is 0.285 e. The molecule has 12 heteroatoms. The number of aryl methyl sites for hydroxylation is 1. The molecule has 1 aromatic heterocycles. The Morgan fingerprint density at radius 1 is 1.29 bits per heavy atom. The number of aromatic nitrogens is 2. The van der Waals surface area contributed by atoms with Crippen molar-refractivity contribution in [1.82, 2.24) is 9.78 Å². The van der Waals surface area contributed by atoms with E-state index in [1.165, 1.54) is 31.3 Å². The van der Waals surface area contributed by atoms with Gasteiger partial charge >= 0.3 is 0 Å². The quantitative estimate of drug-likeness (QED) is 0.678. The Kier molecular flexibility index (Phi) is 3.88. The fraction of sp³-hybridized carbons (Fsp3) is 0.111. The van der Waals surface area contributed by atoms with Crippen LogP contribution in [0.4, 0.5) is 5.69 Å². The van der Waals surface area contributed by atoms with Crippen LogP contribution in [0, 0.1) is 0 Å². The minimum atomic E-state index is -4.03. The van der Waals surface area contributed by atoms with Gasteiger partial charge in [-0.2, -0.15) is 8.42 Å². The number of rotatable bonds is 3. The molecule has 9 nitrogen and oxygen atoms in total. The van der Waals surface area contributed by atoms with E-state index >= 15 is 0 Å². The molecule has 0 saturated heterocycles. The summed E-state index contributed by atoms with van der Waals surface area (Å²) in [6.07, 6.45) is 0. The lowest BCUT2D eigenvalue weighted by molar-refractivity contribution is 0.589. The standard InChI is InChI=1S/C9H11N5O4S3/c1-14-8(19-9(12-14)20(11,15)16)13-21(17,18)7-4-2-3-6(10)5-7/h2-5H,10H2,1H3,(H2,11,15,16)/b13-8-. The maximum atomic E-state index is 12.1. The largest absolute Gasteiger partial charge is 0.399 e. The highest BCUT2D eigenvalue weighted by Gasteiger charge is 2.17. The summed E-state index contributed by atoms with van der Waals surface area (Å²) in [5, 5.41) is 8.55.